The van der Waals surface area contributed by atoms with Crippen LogP contribution in [0.1, 0.15) is 37.4 Å². The summed E-state index contributed by atoms with van der Waals surface area (Å²) in [5.41, 5.74) is 2.59. The van der Waals surface area contributed by atoms with Crippen molar-refractivity contribution in [1.82, 2.24) is 15.1 Å². The summed E-state index contributed by atoms with van der Waals surface area (Å²) in [6.07, 6.45) is 4.65. The molecule has 29 heavy (non-hydrogen) atoms. The summed E-state index contributed by atoms with van der Waals surface area (Å²) in [5.74, 6) is 0.438. The fraction of sp³-hybridized carbons (Fsp3) is 0.476. The summed E-state index contributed by atoms with van der Waals surface area (Å²) in [5, 5.41) is 10.1. The molecular formula is C21H26N4O4. The Morgan fingerprint density at radius 2 is 2.17 bits per heavy atom. The second-order valence-corrected chi connectivity index (χ2v) is 7.46. The maximum absolute atomic E-state index is 12.6. The number of nitrogens with one attached hydrogen (secondary N) is 2. The number of benzene rings is 1. The van der Waals surface area contributed by atoms with Crippen molar-refractivity contribution >= 4 is 17.5 Å². The van der Waals surface area contributed by atoms with E-state index in [1.54, 1.807) is 31.2 Å². The molecule has 2 amide bonds. The number of amides is 2. The molecule has 1 aromatic carbocycles. The van der Waals surface area contributed by atoms with E-state index in [1.165, 1.54) is 5.56 Å². The van der Waals surface area contributed by atoms with E-state index in [2.05, 4.69) is 15.5 Å². The number of ether oxygens (including phenoxy) is 2. The predicted molar refractivity (Wildman–Crippen MR) is 107 cm³/mol. The molecule has 2 aromatic rings. The molecule has 0 radical (unpaired) electrons. The van der Waals surface area contributed by atoms with Gasteiger partial charge in [0.05, 0.1) is 18.5 Å². The number of carbonyl (C=O) groups excluding carboxylic acids is 2. The fourth-order valence-corrected chi connectivity index (χ4v) is 3.98. The van der Waals surface area contributed by atoms with E-state index in [0.29, 0.717) is 37.6 Å². The van der Waals surface area contributed by atoms with Crippen LogP contribution in [0.5, 0.6) is 5.75 Å². The Bertz CT molecular complexity index is 886. The molecule has 0 atom stereocenters. The van der Waals surface area contributed by atoms with E-state index in [4.69, 9.17) is 9.47 Å². The van der Waals surface area contributed by atoms with Crippen LogP contribution in [0.3, 0.4) is 0 Å². The molecule has 2 N–H and O–H groups in total. The molecule has 0 saturated carbocycles. The smallest absolute Gasteiger partial charge is 0.260 e. The van der Waals surface area contributed by atoms with Crippen LogP contribution in [-0.2, 0) is 26.3 Å². The lowest BCUT2D eigenvalue weighted by Crippen LogP contribution is -2.49. The van der Waals surface area contributed by atoms with E-state index in [-0.39, 0.29) is 24.0 Å². The largest absolute Gasteiger partial charge is 0.484 e. The number of rotatable bonds is 5. The van der Waals surface area contributed by atoms with Gasteiger partial charge in [-0.3, -0.25) is 14.7 Å². The first kappa shape index (κ1) is 19.4. The van der Waals surface area contributed by atoms with E-state index >= 15 is 0 Å². The minimum Gasteiger partial charge on any atom is -0.484 e. The Morgan fingerprint density at radius 3 is 2.97 bits per heavy atom. The molecule has 8 heteroatoms. The Kier molecular flexibility index (Phi) is 5.53. The zero-order valence-electron chi connectivity index (χ0n) is 16.6. The number of likely N-dealkylation sites (tertiary alicyclic amines) is 1. The van der Waals surface area contributed by atoms with Gasteiger partial charge in [-0.1, -0.05) is 13.0 Å². The molecule has 1 spiro atoms. The van der Waals surface area contributed by atoms with Crippen molar-refractivity contribution in [2.45, 2.75) is 38.2 Å². The van der Waals surface area contributed by atoms with Crippen LogP contribution in [0.15, 0.2) is 30.5 Å². The van der Waals surface area contributed by atoms with Gasteiger partial charge in [-0.25, -0.2) is 0 Å². The maximum Gasteiger partial charge on any atom is 0.260 e. The number of fused-ring (bicyclic) bond motifs is 2. The van der Waals surface area contributed by atoms with Gasteiger partial charge in [-0.15, -0.1) is 0 Å². The number of piperidine rings is 1. The minimum absolute atomic E-state index is 0.0334. The van der Waals surface area contributed by atoms with Crippen molar-refractivity contribution in [3.8, 4) is 5.75 Å². The molecule has 4 rings (SSSR count). The lowest BCUT2D eigenvalue weighted by molar-refractivity contribution is -0.143. The van der Waals surface area contributed by atoms with Crippen LogP contribution in [0.4, 0.5) is 5.69 Å². The standard InChI is InChI=1S/C21H26N4O4/c1-2-18(26)23-16-4-3-5-17(12-16)28-14-19(27)25-9-7-21(8-10-25)20-15(6-11-29-21)13-22-24-20/h3-5,12-13H,2,6-11,14H2,1H3,(H,22,24)(H,23,26). The monoisotopic (exact) mass is 398 g/mol. The molecule has 1 saturated heterocycles. The summed E-state index contributed by atoms with van der Waals surface area (Å²) in [6, 6.07) is 7.08. The van der Waals surface area contributed by atoms with Gasteiger partial charge < -0.3 is 19.7 Å². The van der Waals surface area contributed by atoms with Crippen LogP contribution >= 0.6 is 0 Å². The van der Waals surface area contributed by atoms with Crippen molar-refractivity contribution in [3.63, 3.8) is 0 Å². The number of anilines is 1. The number of aromatic amines is 1. The van der Waals surface area contributed by atoms with Crippen molar-refractivity contribution in [2.24, 2.45) is 0 Å². The number of H-pyrrole nitrogens is 1. The van der Waals surface area contributed by atoms with Crippen molar-refractivity contribution in [3.05, 3.63) is 41.7 Å². The van der Waals surface area contributed by atoms with Crippen LogP contribution in [0.25, 0.3) is 0 Å². The van der Waals surface area contributed by atoms with E-state index < -0.39 is 0 Å². The molecule has 0 aliphatic carbocycles. The number of hydrogen-bond acceptors (Lipinski definition) is 5. The van der Waals surface area contributed by atoms with Gasteiger partial charge in [0.25, 0.3) is 5.91 Å². The van der Waals surface area contributed by atoms with E-state index in [0.717, 1.165) is 25.0 Å². The third-order valence-corrected chi connectivity index (χ3v) is 5.65. The summed E-state index contributed by atoms with van der Waals surface area (Å²) in [4.78, 5) is 26.0. The molecule has 0 bridgehead atoms. The molecule has 2 aliphatic rings. The van der Waals surface area contributed by atoms with E-state index in [9.17, 15) is 9.59 Å². The summed E-state index contributed by atoms with van der Waals surface area (Å²) >= 11 is 0. The number of hydrogen-bond donors (Lipinski definition) is 2. The van der Waals surface area contributed by atoms with Gasteiger partial charge in [0, 0.05) is 31.3 Å². The first-order valence-electron chi connectivity index (χ1n) is 10.1. The van der Waals surface area contributed by atoms with Gasteiger partial charge in [0.15, 0.2) is 6.61 Å². The predicted octanol–water partition coefficient (Wildman–Crippen LogP) is 2.23. The third kappa shape index (κ3) is 4.12. The lowest BCUT2D eigenvalue weighted by Gasteiger charge is -2.43. The summed E-state index contributed by atoms with van der Waals surface area (Å²) in [6.45, 7) is 3.69. The van der Waals surface area contributed by atoms with Crippen molar-refractivity contribution < 1.29 is 19.1 Å². The van der Waals surface area contributed by atoms with Gasteiger partial charge >= 0.3 is 0 Å². The Morgan fingerprint density at radius 1 is 1.34 bits per heavy atom. The highest BCUT2D eigenvalue weighted by atomic mass is 16.5. The third-order valence-electron chi connectivity index (χ3n) is 5.65. The average molecular weight is 398 g/mol. The topological polar surface area (TPSA) is 96.6 Å². The minimum atomic E-state index is -0.354. The molecular weight excluding hydrogens is 372 g/mol. The number of carbonyl (C=O) groups is 2. The maximum atomic E-state index is 12.6. The normalized spacial score (nSPS) is 17.6. The zero-order chi connectivity index (χ0) is 20.3. The first-order chi connectivity index (χ1) is 14.1. The first-order valence-corrected chi connectivity index (χ1v) is 10.1. The molecule has 8 nitrogen and oxygen atoms in total. The second kappa shape index (κ2) is 8.24. The molecule has 0 unspecified atom stereocenters. The fourth-order valence-electron chi connectivity index (χ4n) is 3.98. The molecule has 154 valence electrons. The van der Waals surface area contributed by atoms with Crippen LogP contribution in [0.2, 0.25) is 0 Å². The van der Waals surface area contributed by atoms with Crippen LogP contribution in [-0.4, -0.2) is 53.2 Å². The van der Waals surface area contributed by atoms with Gasteiger partial charge in [0.2, 0.25) is 5.91 Å². The highest BCUT2D eigenvalue weighted by molar-refractivity contribution is 5.90. The van der Waals surface area contributed by atoms with Gasteiger partial charge in [-0.2, -0.15) is 5.10 Å². The molecule has 1 aromatic heterocycles. The number of aromatic nitrogens is 2. The Balaban J connectivity index is 1.31. The Labute approximate surface area is 169 Å². The Hall–Kier alpha value is -2.87. The average Bonchev–Trinajstić information content (AvgIpc) is 3.23. The molecule has 1 fully saturated rings. The van der Waals surface area contributed by atoms with Gasteiger partial charge in [-0.05, 0) is 37.0 Å². The quantitative estimate of drug-likeness (QED) is 0.805. The van der Waals surface area contributed by atoms with E-state index in [1.807, 2.05) is 11.1 Å². The lowest BCUT2D eigenvalue weighted by atomic mass is 9.84. The molecule has 2 aliphatic heterocycles. The van der Waals surface area contributed by atoms with Crippen molar-refractivity contribution in [1.29, 1.82) is 0 Å². The number of nitrogens with zero attached hydrogens (tertiary/aromatic N) is 2. The van der Waals surface area contributed by atoms with Crippen molar-refractivity contribution in [2.75, 3.05) is 31.6 Å². The molecule has 3 heterocycles. The van der Waals surface area contributed by atoms with Crippen LogP contribution in [0, 0.1) is 0 Å². The van der Waals surface area contributed by atoms with Gasteiger partial charge in [0.1, 0.15) is 11.4 Å². The van der Waals surface area contributed by atoms with Crippen LogP contribution < -0.4 is 10.1 Å². The zero-order valence-corrected chi connectivity index (χ0v) is 16.6. The highest BCUT2D eigenvalue weighted by Gasteiger charge is 2.43. The SMILES string of the molecule is CCC(=O)Nc1cccc(OCC(=O)N2CCC3(CC2)OCCc2cn[nH]c23)c1. The summed E-state index contributed by atoms with van der Waals surface area (Å²) < 4.78 is 11.8. The highest BCUT2D eigenvalue weighted by Crippen LogP contribution is 2.40. The summed E-state index contributed by atoms with van der Waals surface area (Å²) in [7, 11) is 0. The second-order valence-electron chi connectivity index (χ2n) is 7.46.